The molecule has 1 atom stereocenters. The Balaban J connectivity index is 1.81. The van der Waals surface area contributed by atoms with Crippen molar-refractivity contribution >= 4 is 11.3 Å². The Morgan fingerprint density at radius 2 is 2.21 bits per heavy atom. The van der Waals surface area contributed by atoms with Crippen LogP contribution >= 0.6 is 11.3 Å². The standard InChI is InChI=1S/C15H19N3S/c1-9-7-11-12(16)3-2-4-14(11)18(9)15-17-13(8-19-15)10-5-6-10/h7-8,10,12H,2-6,16H2,1H3. The zero-order chi connectivity index (χ0) is 13.0. The van der Waals surface area contributed by atoms with Gasteiger partial charge in [-0.2, -0.15) is 0 Å². The molecule has 0 amide bonds. The average Bonchev–Trinajstić information content (AvgIpc) is 3.03. The van der Waals surface area contributed by atoms with Gasteiger partial charge in [0.25, 0.3) is 0 Å². The molecule has 2 N–H and O–H groups in total. The number of aromatic nitrogens is 2. The van der Waals surface area contributed by atoms with E-state index < -0.39 is 0 Å². The lowest BCUT2D eigenvalue weighted by atomic mass is 9.93. The van der Waals surface area contributed by atoms with Crippen LogP contribution in [-0.4, -0.2) is 9.55 Å². The molecule has 19 heavy (non-hydrogen) atoms. The maximum absolute atomic E-state index is 6.24. The van der Waals surface area contributed by atoms with Crippen molar-refractivity contribution in [3.8, 4) is 5.13 Å². The second kappa shape index (κ2) is 4.18. The summed E-state index contributed by atoms with van der Waals surface area (Å²) in [6, 6.07) is 2.48. The number of rotatable bonds is 2. The zero-order valence-electron chi connectivity index (χ0n) is 11.2. The molecule has 4 heteroatoms. The Kier molecular flexibility index (Phi) is 2.57. The Hall–Kier alpha value is -1.13. The van der Waals surface area contributed by atoms with Gasteiger partial charge in [0.2, 0.25) is 0 Å². The van der Waals surface area contributed by atoms with Gasteiger partial charge >= 0.3 is 0 Å². The molecule has 1 saturated carbocycles. The molecule has 4 rings (SSSR count). The van der Waals surface area contributed by atoms with Gasteiger partial charge in [0, 0.05) is 28.7 Å². The van der Waals surface area contributed by atoms with Gasteiger partial charge in [-0.25, -0.2) is 4.98 Å². The molecular weight excluding hydrogens is 254 g/mol. The molecule has 0 aromatic carbocycles. The smallest absolute Gasteiger partial charge is 0.194 e. The van der Waals surface area contributed by atoms with E-state index in [1.165, 1.54) is 41.9 Å². The van der Waals surface area contributed by atoms with Gasteiger partial charge in [-0.1, -0.05) is 0 Å². The zero-order valence-corrected chi connectivity index (χ0v) is 12.0. The Labute approximate surface area is 117 Å². The van der Waals surface area contributed by atoms with E-state index in [1.807, 2.05) is 0 Å². The molecule has 2 aliphatic carbocycles. The first-order valence-electron chi connectivity index (χ1n) is 7.16. The third-order valence-electron chi connectivity index (χ3n) is 4.35. The van der Waals surface area contributed by atoms with Gasteiger partial charge in [0.15, 0.2) is 5.13 Å². The van der Waals surface area contributed by atoms with Crippen molar-refractivity contribution in [1.82, 2.24) is 9.55 Å². The molecule has 100 valence electrons. The van der Waals surface area contributed by atoms with Gasteiger partial charge in [0.05, 0.1) is 5.69 Å². The normalized spacial score (nSPS) is 22.5. The highest BCUT2D eigenvalue weighted by molar-refractivity contribution is 7.12. The van der Waals surface area contributed by atoms with Crippen molar-refractivity contribution in [3.05, 3.63) is 34.1 Å². The van der Waals surface area contributed by atoms with Crippen molar-refractivity contribution in [3.63, 3.8) is 0 Å². The average molecular weight is 273 g/mol. The number of nitrogens with two attached hydrogens (primary N) is 1. The van der Waals surface area contributed by atoms with E-state index in [1.54, 1.807) is 11.3 Å². The summed E-state index contributed by atoms with van der Waals surface area (Å²) >= 11 is 1.77. The molecule has 0 saturated heterocycles. The molecule has 3 nitrogen and oxygen atoms in total. The van der Waals surface area contributed by atoms with E-state index in [-0.39, 0.29) is 6.04 Å². The van der Waals surface area contributed by atoms with Crippen LogP contribution in [0.4, 0.5) is 0 Å². The summed E-state index contributed by atoms with van der Waals surface area (Å²) in [5.74, 6) is 0.735. The minimum absolute atomic E-state index is 0.214. The van der Waals surface area contributed by atoms with Crippen LogP contribution in [0.2, 0.25) is 0 Å². The fourth-order valence-corrected chi connectivity index (χ4v) is 4.14. The largest absolute Gasteiger partial charge is 0.324 e. The van der Waals surface area contributed by atoms with Crippen LogP contribution in [0.3, 0.4) is 0 Å². The summed E-state index contributed by atoms with van der Waals surface area (Å²) in [7, 11) is 0. The fourth-order valence-electron chi connectivity index (χ4n) is 3.15. The number of aryl methyl sites for hydroxylation is 1. The maximum atomic E-state index is 6.24. The quantitative estimate of drug-likeness (QED) is 0.910. The van der Waals surface area contributed by atoms with Crippen LogP contribution in [0.25, 0.3) is 5.13 Å². The highest BCUT2D eigenvalue weighted by Crippen LogP contribution is 2.41. The van der Waals surface area contributed by atoms with Gasteiger partial charge < -0.3 is 5.73 Å². The summed E-state index contributed by atoms with van der Waals surface area (Å²) in [6.45, 7) is 2.17. The van der Waals surface area contributed by atoms with Crippen LogP contribution < -0.4 is 5.73 Å². The molecule has 1 fully saturated rings. The van der Waals surface area contributed by atoms with E-state index in [9.17, 15) is 0 Å². The van der Waals surface area contributed by atoms with Crippen LogP contribution in [-0.2, 0) is 6.42 Å². The second-order valence-corrected chi connectivity index (χ2v) is 6.69. The molecule has 0 aliphatic heterocycles. The molecule has 2 heterocycles. The summed E-state index contributed by atoms with van der Waals surface area (Å²) in [4.78, 5) is 4.85. The van der Waals surface area contributed by atoms with Crippen molar-refractivity contribution in [2.75, 3.05) is 0 Å². The number of thiazole rings is 1. The summed E-state index contributed by atoms with van der Waals surface area (Å²) in [6.07, 6.45) is 6.07. The molecular formula is C15H19N3S. The summed E-state index contributed by atoms with van der Waals surface area (Å²) < 4.78 is 2.34. The SMILES string of the molecule is Cc1cc2c(n1-c1nc(C3CC3)cs1)CCCC2N. The van der Waals surface area contributed by atoms with Crippen LogP contribution in [0, 0.1) is 6.92 Å². The highest BCUT2D eigenvalue weighted by atomic mass is 32.1. The lowest BCUT2D eigenvalue weighted by Gasteiger charge is -2.20. The molecule has 0 spiro atoms. The molecule has 2 aliphatic rings. The monoisotopic (exact) mass is 273 g/mol. The Bertz CT molecular complexity index is 621. The second-order valence-electron chi connectivity index (χ2n) is 5.85. The summed E-state index contributed by atoms with van der Waals surface area (Å²) in [5, 5.41) is 3.37. The topological polar surface area (TPSA) is 43.8 Å². The van der Waals surface area contributed by atoms with Crippen LogP contribution in [0.15, 0.2) is 11.4 Å². The van der Waals surface area contributed by atoms with E-state index >= 15 is 0 Å². The predicted molar refractivity (Wildman–Crippen MR) is 78.0 cm³/mol. The lowest BCUT2D eigenvalue weighted by Crippen LogP contribution is -2.17. The molecule has 0 bridgehead atoms. The third-order valence-corrected chi connectivity index (χ3v) is 5.19. The van der Waals surface area contributed by atoms with E-state index in [0.29, 0.717) is 0 Å². The maximum Gasteiger partial charge on any atom is 0.194 e. The number of hydrogen-bond donors (Lipinski definition) is 1. The number of hydrogen-bond acceptors (Lipinski definition) is 3. The van der Waals surface area contributed by atoms with Crippen molar-refractivity contribution in [2.45, 2.75) is 51.0 Å². The van der Waals surface area contributed by atoms with E-state index in [2.05, 4.69) is 22.9 Å². The summed E-state index contributed by atoms with van der Waals surface area (Å²) in [5.41, 5.74) is 11.5. The van der Waals surface area contributed by atoms with E-state index in [0.717, 1.165) is 23.9 Å². The Morgan fingerprint density at radius 3 is 3.00 bits per heavy atom. The van der Waals surface area contributed by atoms with Crippen molar-refractivity contribution in [2.24, 2.45) is 5.73 Å². The fraction of sp³-hybridized carbons (Fsp3) is 0.533. The first kappa shape index (κ1) is 11.7. The van der Waals surface area contributed by atoms with Crippen LogP contribution in [0.5, 0.6) is 0 Å². The first-order valence-corrected chi connectivity index (χ1v) is 8.04. The minimum atomic E-state index is 0.214. The van der Waals surface area contributed by atoms with Crippen molar-refractivity contribution < 1.29 is 0 Å². The van der Waals surface area contributed by atoms with Gasteiger partial charge in [-0.3, -0.25) is 4.57 Å². The number of fused-ring (bicyclic) bond motifs is 1. The third kappa shape index (κ3) is 1.85. The van der Waals surface area contributed by atoms with Crippen molar-refractivity contribution in [1.29, 1.82) is 0 Å². The Morgan fingerprint density at radius 1 is 1.37 bits per heavy atom. The first-order chi connectivity index (χ1) is 9.24. The number of nitrogens with zero attached hydrogens (tertiary/aromatic N) is 2. The van der Waals surface area contributed by atoms with Crippen LogP contribution in [0.1, 0.15) is 60.3 Å². The molecule has 1 unspecified atom stereocenters. The molecule has 0 radical (unpaired) electrons. The highest BCUT2D eigenvalue weighted by Gasteiger charge is 2.28. The van der Waals surface area contributed by atoms with Gasteiger partial charge in [-0.15, -0.1) is 11.3 Å². The molecule has 2 aromatic heterocycles. The predicted octanol–water partition coefficient (Wildman–Crippen LogP) is 3.46. The van der Waals surface area contributed by atoms with E-state index in [4.69, 9.17) is 10.7 Å². The lowest BCUT2D eigenvalue weighted by molar-refractivity contribution is 0.559. The van der Waals surface area contributed by atoms with Gasteiger partial charge in [0.1, 0.15) is 0 Å². The van der Waals surface area contributed by atoms with Gasteiger partial charge in [-0.05, 0) is 50.7 Å². The molecule has 2 aromatic rings. The minimum Gasteiger partial charge on any atom is -0.324 e.